The average molecular weight is 504 g/mol. The van der Waals surface area contributed by atoms with Gasteiger partial charge in [-0.05, 0) is 48.8 Å². The molecule has 1 aliphatic rings. The summed E-state index contributed by atoms with van der Waals surface area (Å²) in [5.41, 5.74) is 1.41. The number of nitro benzene ring substituents is 1. The second-order valence-corrected chi connectivity index (χ2v) is 9.07. The first-order valence-corrected chi connectivity index (χ1v) is 12.3. The van der Waals surface area contributed by atoms with Gasteiger partial charge in [-0.25, -0.2) is 4.98 Å². The van der Waals surface area contributed by atoms with E-state index in [1.165, 1.54) is 23.1 Å². The molecule has 3 aromatic rings. The fraction of sp³-hybridized carbons (Fsp3) is 0.318. The highest BCUT2D eigenvalue weighted by molar-refractivity contribution is 7.98. The third-order valence-electron chi connectivity index (χ3n) is 5.42. The Morgan fingerprint density at radius 3 is 2.94 bits per heavy atom. The van der Waals surface area contributed by atoms with Gasteiger partial charge in [-0.1, -0.05) is 11.6 Å². The Balaban J connectivity index is 1.61. The molecule has 1 atom stereocenters. The van der Waals surface area contributed by atoms with Crippen LogP contribution in [0.1, 0.15) is 28.6 Å². The standard InChI is InChI=1S/C22H22ClN5O5S/c1-34-9-6-16(21-24-15-4-3-14(23)11-17(15)25-21)26-22(30)13-2-5-18(19(10-13)28(31)32)27-7-8-33-12-20(27)29/h2-5,10-11,16H,6-9,12H2,1H3,(H,24,25)(H,26,30)/t16-/m0/s1. The Hall–Kier alpha value is -3.15. The Labute approximate surface area is 204 Å². The van der Waals surface area contributed by atoms with Crippen molar-refractivity contribution in [3.05, 3.63) is 62.9 Å². The zero-order valence-corrected chi connectivity index (χ0v) is 19.8. The number of imidazole rings is 1. The summed E-state index contributed by atoms with van der Waals surface area (Å²) in [6, 6.07) is 8.96. The topological polar surface area (TPSA) is 130 Å². The van der Waals surface area contributed by atoms with E-state index >= 15 is 0 Å². The van der Waals surface area contributed by atoms with E-state index in [2.05, 4.69) is 15.3 Å². The molecule has 2 N–H and O–H groups in total. The van der Waals surface area contributed by atoms with Crippen molar-refractivity contribution in [1.29, 1.82) is 0 Å². The van der Waals surface area contributed by atoms with E-state index < -0.39 is 16.9 Å². The third kappa shape index (κ3) is 5.16. The number of anilines is 1. The monoisotopic (exact) mass is 503 g/mol. The number of aromatic amines is 1. The number of nitrogens with one attached hydrogen (secondary N) is 2. The molecule has 0 saturated carbocycles. The zero-order chi connectivity index (χ0) is 24.2. The molecule has 0 radical (unpaired) electrons. The summed E-state index contributed by atoms with van der Waals surface area (Å²) in [6.07, 6.45) is 2.56. The van der Waals surface area contributed by atoms with Gasteiger partial charge in [-0.2, -0.15) is 11.8 Å². The van der Waals surface area contributed by atoms with Crippen molar-refractivity contribution in [3.8, 4) is 0 Å². The minimum Gasteiger partial charge on any atom is -0.370 e. The number of H-pyrrole nitrogens is 1. The van der Waals surface area contributed by atoms with Crippen molar-refractivity contribution in [1.82, 2.24) is 15.3 Å². The average Bonchev–Trinajstić information content (AvgIpc) is 3.24. The molecule has 12 heteroatoms. The molecular formula is C22H22ClN5O5S. The molecule has 2 heterocycles. The maximum absolute atomic E-state index is 13.1. The molecule has 0 unspecified atom stereocenters. The van der Waals surface area contributed by atoms with Gasteiger partial charge in [0.15, 0.2) is 0 Å². The summed E-state index contributed by atoms with van der Waals surface area (Å²) in [5, 5.41) is 15.2. The summed E-state index contributed by atoms with van der Waals surface area (Å²) in [4.78, 5) is 45.5. The van der Waals surface area contributed by atoms with Crippen LogP contribution in [0.2, 0.25) is 5.02 Å². The number of fused-ring (bicyclic) bond motifs is 1. The number of carbonyl (C=O) groups excluding carboxylic acids is 2. The van der Waals surface area contributed by atoms with Crippen LogP contribution in [0.5, 0.6) is 0 Å². The number of halogens is 1. The largest absolute Gasteiger partial charge is 0.370 e. The van der Waals surface area contributed by atoms with Crippen molar-refractivity contribution in [3.63, 3.8) is 0 Å². The van der Waals surface area contributed by atoms with Crippen molar-refractivity contribution in [2.24, 2.45) is 0 Å². The van der Waals surface area contributed by atoms with Crippen LogP contribution >= 0.6 is 23.4 Å². The van der Waals surface area contributed by atoms with Crippen LogP contribution in [-0.2, 0) is 9.53 Å². The number of rotatable bonds is 8. The van der Waals surface area contributed by atoms with E-state index in [1.54, 1.807) is 23.9 Å². The first kappa shape index (κ1) is 24.0. The molecule has 0 spiro atoms. The molecule has 0 aliphatic carbocycles. The summed E-state index contributed by atoms with van der Waals surface area (Å²) in [7, 11) is 0. The van der Waals surface area contributed by atoms with Gasteiger partial charge in [0.1, 0.15) is 18.1 Å². The number of amides is 2. The van der Waals surface area contributed by atoms with Gasteiger partial charge in [0.05, 0.1) is 28.6 Å². The number of hydrogen-bond donors (Lipinski definition) is 2. The van der Waals surface area contributed by atoms with Crippen molar-refractivity contribution < 1.29 is 19.2 Å². The second-order valence-electron chi connectivity index (χ2n) is 7.65. The molecule has 178 valence electrons. The number of thioether (sulfide) groups is 1. The molecule has 1 fully saturated rings. The van der Waals surface area contributed by atoms with Crippen LogP contribution in [0, 0.1) is 10.1 Å². The molecule has 1 aromatic heterocycles. The van der Waals surface area contributed by atoms with Gasteiger partial charge in [0.2, 0.25) is 0 Å². The number of ether oxygens (including phenoxy) is 1. The predicted octanol–water partition coefficient (Wildman–Crippen LogP) is 3.71. The summed E-state index contributed by atoms with van der Waals surface area (Å²) in [6.45, 7) is 0.349. The molecule has 0 bridgehead atoms. The maximum Gasteiger partial charge on any atom is 0.293 e. The van der Waals surface area contributed by atoms with Crippen molar-refractivity contribution in [2.45, 2.75) is 12.5 Å². The first-order chi connectivity index (χ1) is 16.4. The minimum absolute atomic E-state index is 0.115. The molecule has 1 saturated heterocycles. The zero-order valence-electron chi connectivity index (χ0n) is 18.2. The van der Waals surface area contributed by atoms with Crippen LogP contribution in [0.3, 0.4) is 0 Å². The number of morpholine rings is 1. The number of carbonyl (C=O) groups is 2. The first-order valence-electron chi connectivity index (χ1n) is 10.5. The highest BCUT2D eigenvalue weighted by atomic mass is 35.5. The van der Waals surface area contributed by atoms with Crippen LogP contribution in [0.4, 0.5) is 11.4 Å². The third-order valence-corrected chi connectivity index (χ3v) is 6.30. The Morgan fingerprint density at radius 2 is 2.21 bits per heavy atom. The van der Waals surface area contributed by atoms with E-state index in [0.717, 1.165) is 11.3 Å². The summed E-state index contributed by atoms with van der Waals surface area (Å²) < 4.78 is 5.10. The fourth-order valence-corrected chi connectivity index (χ4v) is 4.37. The number of nitro groups is 1. The lowest BCUT2D eigenvalue weighted by Gasteiger charge is -2.26. The molecule has 1 aliphatic heterocycles. The summed E-state index contributed by atoms with van der Waals surface area (Å²) >= 11 is 7.69. The van der Waals surface area contributed by atoms with Crippen LogP contribution in [-0.4, -0.2) is 58.5 Å². The number of hydrogen-bond acceptors (Lipinski definition) is 7. The normalized spacial score (nSPS) is 14.9. The quantitative estimate of drug-likeness (QED) is 0.354. The fourth-order valence-electron chi connectivity index (χ4n) is 3.73. The van der Waals surface area contributed by atoms with Crippen molar-refractivity contribution >= 4 is 57.6 Å². The second kappa shape index (κ2) is 10.4. The van der Waals surface area contributed by atoms with Gasteiger partial charge >= 0.3 is 0 Å². The van der Waals surface area contributed by atoms with Gasteiger partial charge in [-0.15, -0.1) is 0 Å². The van der Waals surface area contributed by atoms with Crippen LogP contribution < -0.4 is 10.2 Å². The van der Waals surface area contributed by atoms with E-state index in [1.807, 2.05) is 12.3 Å². The lowest BCUT2D eigenvalue weighted by molar-refractivity contribution is -0.384. The van der Waals surface area contributed by atoms with E-state index in [-0.39, 0.29) is 42.6 Å². The molecule has 34 heavy (non-hydrogen) atoms. The highest BCUT2D eigenvalue weighted by Crippen LogP contribution is 2.31. The van der Waals surface area contributed by atoms with E-state index in [0.29, 0.717) is 22.8 Å². The predicted molar refractivity (Wildman–Crippen MR) is 131 cm³/mol. The smallest absolute Gasteiger partial charge is 0.293 e. The molecule has 2 amide bonds. The number of benzene rings is 2. The summed E-state index contributed by atoms with van der Waals surface area (Å²) in [5.74, 6) is 0.493. The lowest BCUT2D eigenvalue weighted by Crippen LogP contribution is -2.42. The van der Waals surface area contributed by atoms with E-state index in [4.69, 9.17) is 16.3 Å². The molecule has 10 nitrogen and oxygen atoms in total. The van der Waals surface area contributed by atoms with Gasteiger partial charge in [-0.3, -0.25) is 19.7 Å². The lowest BCUT2D eigenvalue weighted by atomic mass is 10.1. The van der Waals surface area contributed by atoms with Gasteiger partial charge < -0.3 is 19.9 Å². The number of aromatic nitrogens is 2. The Morgan fingerprint density at radius 1 is 1.38 bits per heavy atom. The maximum atomic E-state index is 13.1. The molecular weight excluding hydrogens is 482 g/mol. The Bertz CT molecular complexity index is 1250. The highest BCUT2D eigenvalue weighted by Gasteiger charge is 2.28. The van der Waals surface area contributed by atoms with Crippen LogP contribution in [0.15, 0.2) is 36.4 Å². The molecule has 2 aromatic carbocycles. The van der Waals surface area contributed by atoms with E-state index in [9.17, 15) is 19.7 Å². The number of nitrogens with zero attached hydrogens (tertiary/aromatic N) is 3. The van der Waals surface area contributed by atoms with Gasteiger partial charge in [0, 0.05) is 23.2 Å². The SMILES string of the molecule is CSCC[C@H](NC(=O)c1ccc(N2CCOCC2=O)c([N+](=O)[O-])c1)c1nc2cc(Cl)ccc2[nH]1. The van der Waals surface area contributed by atoms with Crippen molar-refractivity contribution in [2.75, 3.05) is 36.7 Å². The van der Waals surface area contributed by atoms with Gasteiger partial charge in [0.25, 0.3) is 17.5 Å². The van der Waals surface area contributed by atoms with Crippen LogP contribution in [0.25, 0.3) is 11.0 Å². The Kier molecular flexibility index (Phi) is 7.35. The molecule has 4 rings (SSSR count). The minimum atomic E-state index is -0.594.